The van der Waals surface area contributed by atoms with Crippen molar-refractivity contribution in [3.05, 3.63) is 0 Å². The molecule has 0 unspecified atom stereocenters. The summed E-state index contributed by atoms with van der Waals surface area (Å²) in [6.07, 6.45) is 0.348. The number of carbonyl (C=O) groups excluding carboxylic acids is 1. The molecule has 0 aromatic carbocycles. The fourth-order valence-electron chi connectivity index (χ4n) is 0.886. The Kier molecular flexibility index (Phi) is 1.71. The van der Waals surface area contributed by atoms with Crippen molar-refractivity contribution in [1.82, 2.24) is 0 Å². The number of carbonyl (C=O) groups is 1. The molecule has 0 bridgehead atoms. The van der Waals surface area contributed by atoms with Crippen molar-refractivity contribution in [2.75, 3.05) is 0 Å². The maximum Gasteiger partial charge on any atom is 0.306 e. The van der Waals surface area contributed by atoms with E-state index in [0.29, 0.717) is 12.8 Å². The van der Waals surface area contributed by atoms with Crippen LogP contribution in [0.1, 0.15) is 19.8 Å². The summed E-state index contributed by atoms with van der Waals surface area (Å²) < 4.78 is 4.73. The highest BCUT2D eigenvalue weighted by atomic mass is 16.6. The first-order valence-corrected chi connectivity index (χ1v) is 3.07. The van der Waals surface area contributed by atoms with Gasteiger partial charge in [-0.3, -0.25) is 4.79 Å². The van der Waals surface area contributed by atoms with E-state index in [0.717, 1.165) is 0 Å². The minimum atomic E-state index is -0.517. The van der Waals surface area contributed by atoms with Gasteiger partial charge >= 0.3 is 5.97 Å². The first-order valence-electron chi connectivity index (χ1n) is 3.07. The lowest BCUT2D eigenvalue weighted by molar-refractivity contribution is -0.144. The molecule has 3 heteroatoms. The lowest BCUT2D eigenvalue weighted by Crippen LogP contribution is -2.21. The highest BCUT2D eigenvalue weighted by Crippen LogP contribution is 2.16. The van der Waals surface area contributed by atoms with Gasteiger partial charge in [-0.05, 0) is 13.3 Å². The Hall–Kier alpha value is -0.570. The first-order chi connectivity index (χ1) is 4.20. The summed E-state index contributed by atoms with van der Waals surface area (Å²) in [7, 11) is 0. The number of cyclic esters (lactones) is 1. The number of hydrogen-bond acceptors (Lipinski definition) is 3. The number of rotatable bonds is 1. The predicted molar refractivity (Wildman–Crippen MR) is 30.8 cm³/mol. The summed E-state index contributed by atoms with van der Waals surface area (Å²) in [4.78, 5) is 10.4. The molecule has 52 valence electrons. The molecule has 1 heterocycles. The van der Waals surface area contributed by atoms with Gasteiger partial charge in [0.2, 0.25) is 0 Å². The normalized spacial score (nSPS) is 30.0. The van der Waals surface area contributed by atoms with E-state index in [9.17, 15) is 4.79 Å². The lowest BCUT2D eigenvalue weighted by atomic mass is 10.2. The third-order valence-electron chi connectivity index (χ3n) is 1.45. The van der Waals surface area contributed by atoms with E-state index in [4.69, 9.17) is 9.84 Å². The quantitative estimate of drug-likeness (QED) is 0.511. The number of hydrogen-bond donors (Lipinski definition) is 1. The summed E-state index contributed by atoms with van der Waals surface area (Å²) in [5.74, 6) is -0.194. The minimum absolute atomic E-state index is 0.194. The van der Waals surface area contributed by atoms with Crippen LogP contribution < -0.4 is 0 Å². The number of esters is 1. The number of ether oxygens (including phenoxy) is 1. The number of aliphatic hydroxyl groups is 1. The fourth-order valence-corrected chi connectivity index (χ4v) is 0.886. The molecule has 0 aromatic heterocycles. The van der Waals surface area contributed by atoms with E-state index in [1.165, 1.54) is 0 Å². The van der Waals surface area contributed by atoms with Crippen LogP contribution >= 0.6 is 0 Å². The standard InChI is InChI=1S/C6H10O3/c1-4(7)5-2-3-6(8)9-5/h4-5,7H,2-3H2,1H3/t4-,5-/m0/s1. The summed E-state index contributed by atoms with van der Waals surface area (Å²) >= 11 is 0. The van der Waals surface area contributed by atoms with Crippen LogP contribution in [0, 0.1) is 0 Å². The molecule has 1 aliphatic heterocycles. The lowest BCUT2D eigenvalue weighted by Gasteiger charge is -2.10. The molecule has 1 saturated heterocycles. The van der Waals surface area contributed by atoms with Crippen LogP contribution in [0.5, 0.6) is 0 Å². The van der Waals surface area contributed by atoms with Crippen LogP contribution in [0.2, 0.25) is 0 Å². The molecule has 1 aliphatic rings. The molecule has 1 N–H and O–H groups in total. The van der Waals surface area contributed by atoms with Gasteiger partial charge < -0.3 is 9.84 Å². The average molecular weight is 130 g/mol. The van der Waals surface area contributed by atoms with Crippen LogP contribution in [-0.4, -0.2) is 23.3 Å². The molecule has 0 spiro atoms. The van der Waals surface area contributed by atoms with Crippen molar-refractivity contribution in [2.45, 2.75) is 32.0 Å². The van der Waals surface area contributed by atoms with Crippen molar-refractivity contribution in [1.29, 1.82) is 0 Å². The van der Waals surface area contributed by atoms with E-state index in [2.05, 4.69) is 0 Å². The van der Waals surface area contributed by atoms with Crippen molar-refractivity contribution in [3.63, 3.8) is 0 Å². The third-order valence-corrected chi connectivity index (χ3v) is 1.45. The summed E-state index contributed by atoms with van der Waals surface area (Å²) in [5, 5.41) is 8.89. The van der Waals surface area contributed by atoms with Gasteiger partial charge in [0.05, 0.1) is 6.10 Å². The Morgan fingerprint density at radius 1 is 1.89 bits per heavy atom. The van der Waals surface area contributed by atoms with Gasteiger partial charge in [-0.25, -0.2) is 0 Å². The van der Waals surface area contributed by atoms with Crippen LogP contribution in [0.15, 0.2) is 0 Å². The van der Waals surface area contributed by atoms with E-state index >= 15 is 0 Å². The summed E-state index contributed by atoms with van der Waals surface area (Å²) in [5.41, 5.74) is 0. The van der Waals surface area contributed by atoms with E-state index < -0.39 is 6.10 Å². The van der Waals surface area contributed by atoms with Gasteiger partial charge in [-0.15, -0.1) is 0 Å². The summed E-state index contributed by atoms with van der Waals surface area (Å²) in [6, 6.07) is 0. The van der Waals surface area contributed by atoms with Crippen LogP contribution in [-0.2, 0) is 9.53 Å². The molecule has 0 aromatic rings. The SMILES string of the molecule is C[C@H](O)[C@@H]1CCC(=O)O1. The van der Waals surface area contributed by atoms with E-state index in [1.54, 1.807) is 6.92 Å². The molecular formula is C6H10O3. The topological polar surface area (TPSA) is 46.5 Å². The largest absolute Gasteiger partial charge is 0.460 e. The van der Waals surface area contributed by atoms with Gasteiger partial charge in [-0.2, -0.15) is 0 Å². The summed E-state index contributed by atoms with van der Waals surface area (Å²) in [6.45, 7) is 1.63. The van der Waals surface area contributed by atoms with Gasteiger partial charge in [0.15, 0.2) is 0 Å². The van der Waals surface area contributed by atoms with E-state index in [-0.39, 0.29) is 12.1 Å². The van der Waals surface area contributed by atoms with Crippen LogP contribution in [0.3, 0.4) is 0 Å². The van der Waals surface area contributed by atoms with Gasteiger partial charge in [-0.1, -0.05) is 0 Å². The molecule has 9 heavy (non-hydrogen) atoms. The predicted octanol–water partition coefficient (Wildman–Crippen LogP) is 0.0728. The highest BCUT2D eigenvalue weighted by molar-refractivity contribution is 5.71. The van der Waals surface area contributed by atoms with Crippen LogP contribution in [0.25, 0.3) is 0 Å². The zero-order valence-electron chi connectivity index (χ0n) is 5.33. The maximum atomic E-state index is 10.4. The van der Waals surface area contributed by atoms with Gasteiger partial charge in [0.25, 0.3) is 0 Å². The second-order valence-corrected chi connectivity index (χ2v) is 2.31. The van der Waals surface area contributed by atoms with Crippen LogP contribution in [0.4, 0.5) is 0 Å². The molecule has 0 amide bonds. The van der Waals surface area contributed by atoms with Gasteiger partial charge in [0.1, 0.15) is 6.10 Å². The molecule has 1 rings (SSSR count). The monoisotopic (exact) mass is 130 g/mol. The van der Waals surface area contributed by atoms with E-state index in [1.807, 2.05) is 0 Å². The Morgan fingerprint density at radius 3 is 2.78 bits per heavy atom. The average Bonchev–Trinajstić information content (AvgIpc) is 2.14. The second-order valence-electron chi connectivity index (χ2n) is 2.31. The zero-order chi connectivity index (χ0) is 6.85. The first kappa shape index (κ1) is 6.55. The molecule has 3 nitrogen and oxygen atoms in total. The molecule has 0 saturated carbocycles. The smallest absolute Gasteiger partial charge is 0.306 e. The van der Waals surface area contributed by atoms with Crippen molar-refractivity contribution < 1.29 is 14.6 Å². The molecular weight excluding hydrogens is 120 g/mol. The van der Waals surface area contributed by atoms with Crippen molar-refractivity contribution in [2.24, 2.45) is 0 Å². The van der Waals surface area contributed by atoms with Gasteiger partial charge in [0, 0.05) is 6.42 Å². The third kappa shape index (κ3) is 1.42. The Labute approximate surface area is 53.6 Å². The minimum Gasteiger partial charge on any atom is -0.460 e. The Bertz CT molecular complexity index is 119. The molecule has 0 aliphatic carbocycles. The molecule has 0 radical (unpaired) electrons. The van der Waals surface area contributed by atoms with Crippen molar-refractivity contribution in [3.8, 4) is 0 Å². The second kappa shape index (κ2) is 2.35. The maximum absolute atomic E-state index is 10.4. The molecule has 1 fully saturated rings. The molecule has 2 atom stereocenters. The zero-order valence-corrected chi connectivity index (χ0v) is 5.33. The highest BCUT2D eigenvalue weighted by Gasteiger charge is 2.26. The Balaban J connectivity index is 2.39. The Morgan fingerprint density at radius 2 is 2.56 bits per heavy atom. The number of aliphatic hydroxyl groups excluding tert-OH is 1. The fraction of sp³-hybridized carbons (Fsp3) is 0.833. The van der Waals surface area contributed by atoms with Crippen molar-refractivity contribution >= 4 is 5.97 Å².